The molecule has 0 spiro atoms. The number of benzene rings is 2. The molecule has 0 saturated carbocycles. The fourth-order valence-electron chi connectivity index (χ4n) is 3.43. The van der Waals surface area contributed by atoms with Crippen LogP contribution in [0.25, 0.3) is 0 Å². The molecule has 0 amide bonds. The molecule has 0 aliphatic carbocycles. The van der Waals surface area contributed by atoms with Crippen molar-refractivity contribution < 1.29 is 20.1 Å². The lowest BCUT2D eigenvalue weighted by Crippen LogP contribution is -2.23. The quantitative estimate of drug-likeness (QED) is 0.741. The third kappa shape index (κ3) is 2.70. The standard InChI is InChI=1S/C20H23NO4/c1-11(2)8-9-12-16(25-4)10-15(23)17-19(12)21(3)18-13(20(17)24)6-5-7-14(18)22/h5-8,10,20,22-24H,9H2,1-4H3/t20-/m1/s1. The molecule has 5 heteroatoms. The summed E-state index contributed by atoms with van der Waals surface area (Å²) in [6, 6.07) is 6.56. The van der Waals surface area contributed by atoms with Gasteiger partial charge in [-0.3, -0.25) is 0 Å². The van der Waals surface area contributed by atoms with Gasteiger partial charge in [-0.1, -0.05) is 23.8 Å². The van der Waals surface area contributed by atoms with Crippen molar-refractivity contribution in [3.05, 3.63) is 52.6 Å². The molecule has 1 atom stereocenters. The Labute approximate surface area is 147 Å². The maximum absolute atomic E-state index is 10.8. The predicted molar refractivity (Wildman–Crippen MR) is 98.0 cm³/mol. The van der Waals surface area contributed by atoms with Crippen molar-refractivity contribution in [3.8, 4) is 17.2 Å². The SMILES string of the molecule is COc1cc(O)c2c(c1CC=C(C)C)N(C)c1c(O)cccc1[C@H]2O. The van der Waals surface area contributed by atoms with E-state index in [1.165, 1.54) is 6.07 Å². The van der Waals surface area contributed by atoms with Crippen LogP contribution < -0.4 is 9.64 Å². The van der Waals surface area contributed by atoms with Crippen molar-refractivity contribution in [3.63, 3.8) is 0 Å². The van der Waals surface area contributed by atoms with Crippen molar-refractivity contribution in [1.82, 2.24) is 0 Å². The largest absolute Gasteiger partial charge is 0.507 e. The zero-order chi connectivity index (χ0) is 18.3. The van der Waals surface area contributed by atoms with Crippen molar-refractivity contribution in [2.24, 2.45) is 0 Å². The normalized spacial score (nSPS) is 15.4. The number of aliphatic hydroxyl groups excluding tert-OH is 1. The van der Waals surface area contributed by atoms with Crippen molar-refractivity contribution >= 4 is 11.4 Å². The number of hydrogen-bond donors (Lipinski definition) is 3. The van der Waals surface area contributed by atoms with Gasteiger partial charge in [-0.05, 0) is 26.3 Å². The number of allylic oxidation sites excluding steroid dienone is 2. The Morgan fingerprint density at radius 3 is 2.56 bits per heavy atom. The lowest BCUT2D eigenvalue weighted by Gasteiger charge is -2.36. The monoisotopic (exact) mass is 341 g/mol. The van der Waals surface area contributed by atoms with E-state index in [-0.39, 0.29) is 11.5 Å². The zero-order valence-corrected chi connectivity index (χ0v) is 14.9. The number of phenolic OH excluding ortho intramolecular Hbond substituents is 2. The molecule has 2 aromatic rings. The molecule has 3 rings (SSSR count). The summed E-state index contributed by atoms with van der Waals surface area (Å²) in [5.41, 5.74) is 4.20. The van der Waals surface area contributed by atoms with Crippen LogP contribution in [0.1, 0.15) is 36.6 Å². The number of methoxy groups -OCH3 is 1. The first-order valence-electron chi connectivity index (χ1n) is 8.16. The number of aromatic hydroxyl groups is 2. The van der Waals surface area contributed by atoms with Gasteiger partial charge in [0.15, 0.2) is 0 Å². The Balaban J connectivity index is 2.31. The van der Waals surface area contributed by atoms with Crippen LogP contribution in [-0.4, -0.2) is 29.5 Å². The van der Waals surface area contributed by atoms with E-state index in [1.54, 1.807) is 25.3 Å². The topological polar surface area (TPSA) is 73.2 Å². The molecule has 25 heavy (non-hydrogen) atoms. The molecule has 1 aliphatic heterocycles. The van der Waals surface area contributed by atoms with Crippen LogP contribution in [-0.2, 0) is 6.42 Å². The molecule has 1 heterocycles. The molecule has 1 aliphatic rings. The second kappa shape index (κ2) is 6.33. The number of para-hydroxylation sites is 1. The number of rotatable bonds is 3. The van der Waals surface area contributed by atoms with Gasteiger partial charge in [-0.15, -0.1) is 0 Å². The summed E-state index contributed by atoms with van der Waals surface area (Å²) < 4.78 is 5.47. The average Bonchev–Trinajstić information content (AvgIpc) is 2.57. The number of fused-ring (bicyclic) bond motifs is 2. The first-order chi connectivity index (χ1) is 11.9. The first-order valence-corrected chi connectivity index (χ1v) is 8.16. The van der Waals surface area contributed by atoms with Crippen molar-refractivity contribution in [2.75, 3.05) is 19.1 Å². The van der Waals surface area contributed by atoms with E-state index in [2.05, 4.69) is 6.08 Å². The summed E-state index contributed by atoms with van der Waals surface area (Å²) in [4.78, 5) is 1.81. The number of aliphatic hydroxyl groups is 1. The smallest absolute Gasteiger partial charge is 0.139 e. The maximum atomic E-state index is 10.8. The van der Waals surface area contributed by atoms with E-state index in [4.69, 9.17) is 4.74 Å². The number of phenols is 2. The highest BCUT2D eigenvalue weighted by Gasteiger charge is 2.34. The summed E-state index contributed by atoms with van der Waals surface area (Å²) >= 11 is 0. The fourth-order valence-corrected chi connectivity index (χ4v) is 3.43. The minimum atomic E-state index is -1.02. The molecule has 132 valence electrons. The first kappa shape index (κ1) is 17.2. The van der Waals surface area contributed by atoms with Crippen molar-refractivity contribution in [1.29, 1.82) is 0 Å². The van der Waals surface area contributed by atoms with E-state index in [9.17, 15) is 15.3 Å². The van der Waals surface area contributed by atoms with Crippen LogP contribution in [0.4, 0.5) is 11.4 Å². The number of nitrogens with zero attached hydrogens (tertiary/aromatic N) is 1. The maximum Gasteiger partial charge on any atom is 0.139 e. The molecule has 3 N–H and O–H groups in total. The average molecular weight is 341 g/mol. The third-order valence-corrected chi connectivity index (χ3v) is 4.60. The van der Waals surface area contributed by atoms with Crippen LogP contribution in [0.5, 0.6) is 17.2 Å². The van der Waals surface area contributed by atoms with Crippen LogP contribution in [0.15, 0.2) is 35.9 Å². The lowest BCUT2D eigenvalue weighted by atomic mass is 9.88. The minimum Gasteiger partial charge on any atom is -0.507 e. The predicted octanol–water partition coefficient (Wildman–Crippen LogP) is 3.78. The summed E-state index contributed by atoms with van der Waals surface area (Å²) in [7, 11) is 3.37. The zero-order valence-electron chi connectivity index (χ0n) is 14.9. The Hall–Kier alpha value is -2.66. The summed E-state index contributed by atoms with van der Waals surface area (Å²) in [5, 5.41) is 31.7. The second-order valence-corrected chi connectivity index (χ2v) is 6.50. The number of anilines is 2. The van der Waals surface area contributed by atoms with Gasteiger partial charge in [0, 0.05) is 24.2 Å². The third-order valence-electron chi connectivity index (χ3n) is 4.60. The van der Waals surface area contributed by atoms with E-state index in [0.717, 1.165) is 11.1 Å². The minimum absolute atomic E-state index is 0.0267. The van der Waals surface area contributed by atoms with Gasteiger partial charge < -0.3 is 25.0 Å². The Morgan fingerprint density at radius 1 is 1.20 bits per heavy atom. The van der Waals surface area contributed by atoms with Gasteiger partial charge in [-0.25, -0.2) is 0 Å². The highest BCUT2D eigenvalue weighted by atomic mass is 16.5. The van der Waals surface area contributed by atoms with E-state index in [1.807, 2.05) is 25.8 Å². The second-order valence-electron chi connectivity index (χ2n) is 6.50. The van der Waals surface area contributed by atoms with Crippen molar-refractivity contribution in [2.45, 2.75) is 26.4 Å². The Kier molecular flexibility index (Phi) is 4.35. The molecule has 5 nitrogen and oxygen atoms in total. The highest BCUT2D eigenvalue weighted by Crippen LogP contribution is 2.53. The van der Waals surface area contributed by atoms with E-state index >= 15 is 0 Å². The van der Waals surface area contributed by atoms with Crippen LogP contribution in [0, 0.1) is 0 Å². The van der Waals surface area contributed by atoms with E-state index in [0.29, 0.717) is 34.7 Å². The van der Waals surface area contributed by atoms with Crippen LogP contribution in [0.3, 0.4) is 0 Å². The fraction of sp³-hybridized carbons (Fsp3) is 0.300. The van der Waals surface area contributed by atoms with Gasteiger partial charge in [0.25, 0.3) is 0 Å². The Bertz CT molecular complexity index is 853. The van der Waals surface area contributed by atoms with E-state index < -0.39 is 6.10 Å². The molecule has 0 bridgehead atoms. The number of hydrogen-bond acceptors (Lipinski definition) is 5. The van der Waals surface area contributed by atoms with Gasteiger partial charge in [0.05, 0.1) is 24.0 Å². The Morgan fingerprint density at radius 2 is 1.92 bits per heavy atom. The van der Waals surface area contributed by atoms with Crippen LogP contribution >= 0.6 is 0 Å². The summed E-state index contributed by atoms with van der Waals surface area (Å²) in [6.45, 7) is 4.03. The highest BCUT2D eigenvalue weighted by molar-refractivity contribution is 5.84. The van der Waals surface area contributed by atoms with Crippen LogP contribution in [0.2, 0.25) is 0 Å². The van der Waals surface area contributed by atoms with Gasteiger partial charge in [-0.2, -0.15) is 0 Å². The molecule has 0 radical (unpaired) electrons. The molecule has 2 aromatic carbocycles. The molecule has 0 aromatic heterocycles. The number of ether oxygens (including phenoxy) is 1. The van der Waals surface area contributed by atoms with Gasteiger partial charge >= 0.3 is 0 Å². The molecule has 0 fully saturated rings. The van der Waals surface area contributed by atoms with Gasteiger partial charge in [0.1, 0.15) is 23.4 Å². The molecule has 0 saturated heterocycles. The molecular weight excluding hydrogens is 318 g/mol. The van der Waals surface area contributed by atoms with Gasteiger partial charge in [0.2, 0.25) is 0 Å². The molecular formula is C20H23NO4. The molecule has 0 unspecified atom stereocenters. The summed E-state index contributed by atoms with van der Waals surface area (Å²) in [6.07, 6.45) is 1.63. The summed E-state index contributed by atoms with van der Waals surface area (Å²) in [5.74, 6) is 0.605. The lowest BCUT2D eigenvalue weighted by molar-refractivity contribution is 0.213.